The highest BCUT2D eigenvalue weighted by molar-refractivity contribution is 4.95. The second kappa shape index (κ2) is 4.60. The van der Waals surface area contributed by atoms with Crippen LogP contribution >= 0.6 is 0 Å². The van der Waals surface area contributed by atoms with Crippen molar-refractivity contribution in [1.82, 2.24) is 4.90 Å². The molecule has 1 aliphatic rings. The maximum Gasteiger partial charge on any atom is 0.0716 e. The van der Waals surface area contributed by atoms with Crippen molar-refractivity contribution in [3.63, 3.8) is 0 Å². The number of hydrogen-bond acceptors (Lipinski definition) is 3. The van der Waals surface area contributed by atoms with Crippen LogP contribution in [0.1, 0.15) is 27.2 Å². The van der Waals surface area contributed by atoms with E-state index < -0.39 is 0 Å². The molecule has 0 saturated carbocycles. The van der Waals surface area contributed by atoms with E-state index in [1.807, 2.05) is 0 Å². The molecule has 0 N–H and O–H groups in total. The molecule has 0 aliphatic carbocycles. The predicted octanol–water partition coefficient (Wildman–Crippen LogP) is 1.52. The molecule has 0 aromatic rings. The Hall–Kier alpha value is -0.120. The van der Waals surface area contributed by atoms with Crippen LogP contribution in [0.25, 0.3) is 0 Å². The van der Waals surface area contributed by atoms with Crippen LogP contribution in [0.15, 0.2) is 0 Å². The van der Waals surface area contributed by atoms with E-state index in [1.165, 1.54) is 0 Å². The fourth-order valence-corrected chi connectivity index (χ4v) is 1.91. The lowest BCUT2D eigenvalue weighted by molar-refractivity contribution is 0.00253. The van der Waals surface area contributed by atoms with Crippen LogP contribution in [0.2, 0.25) is 0 Å². The Balaban J connectivity index is 2.47. The second-order valence-corrected chi connectivity index (χ2v) is 4.80. The van der Waals surface area contributed by atoms with Crippen LogP contribution in [0.5, 0.6) is 0 Å². The lowest BCUT2D eigenvalue weighted by Gasteiger charge is -2.32. The third-order valence-corrected chi connectivity index (χ3v) is 3.13. The van der Waals surface area contributed by atoms with E-state index in [-0.39, 0.29) is 5.54 Å². The largest absolute Gasteiger partial charge is 0.380 e. The standard InChI is InChI=1S/C11H23NO2/c1-9(2)14-8-11(3)6-10(13-5)7-12(11)4/h9-10H,6-8H2,1-5H3/t10-,11-/m1/s1. The van der Waals surface area contributed by atoms with Crippen molar-refractivity contribution in [2.24, 2.45) is 0 Å². The molecule has 0 bridgehead atoms. The van der Waals surface area contributed by atoms with Gasteiger partial charge in [0.15, 0.2) is 0 Å². The molecule has 0 spiro atoms. The minimum atomic E-state index is 0.144. The molecule has 1 rings (SSSR count). The van der Waals surface area contributed by atoms with Gasteiger partial charge in [0.2, 0.25) is 0 Å². The molecular weight excluding hydrogens is 178 g/mol. The lowest BCUT2D eigenvalue weighted by atomic mass is 10.00. The van der Waals surface area contributed by atoms with Crippen LogP contribution in [-0.4, -0.2) is 50.0 Å². The van der Waals surface area contributed by atoms with Crippen LogP contribution in [0.3, 0.4) is 0 Å². The monoisotopic (exact) mass is 201 g/mol. The van der Waals surface area contributed by atoms with Crippen molar-refractivity contribution >= 4 is 0 Å². The summed E-state index contributed by atoms with van der Waals surface area (Å²) >= 11 is 0. The summed E-state index contributed by atoms with van der Waals surface area (Å²) in [6.07, 6.45) is 1.73. The van der Waals surface area contributed by atoms with E-state index >= 15 is 0 Å². The first-order valence-corrected chi connectivity index (χ1v) is 5.33. The van der Waals surface area contributed by atoms with Gasteiger partial charge in [-0.05, 0) is 34.2 Å². The zero-order valence-electron chi connectivity index (χ0n) is 10.0. The zero-order chi connectivity index (χ0) is 10.8. The van der Waals surface area contributed by atoms with E-state index in [4.69, 9.17) is 9.47 Å². The van der Waals surface area contributed by atoms with E-state index in [0.29, 0.717) is 12.2 Å². The van der Waals surface area contributed by atoms with E-state index in [2.05, 4.69) is 32.7 Å². The van der Waals surface area contributed by atoms with Crippen molar-refractivity contribution in [2.75, 3.05) is 27.3 Å². The summed E-state index contributed by atoms with van der Waals surface area (Å²) in [4.78, 5) is 2.34. The van der Waals surface area contributed by atoms with Crippen LogP contribution in [0, 0.1) is 0 Å². The van der Waals surface area contributed by atoms with Crippen molar-refractivity contribution < 1.29 is 9.47 Å². The van der Waals surface area contributed by atoms with Gasteiger partial charge in [0.1, 0.15) is 0 Å². The maximum atomic E-state index is 5.69. The Labute approximate surface area is 87.4 Å². The molecule has 0 aromatic heterocycles. The Morgan fingerprint density at radius 2 is 2.14 bits per heavy atom. The summed E-state index contributed by atoms with van der Waals surface area (Å²) in [6.45, 7) is 8.20. The molecule has 84 valence electrons. The number of nitrogens with zero attached hydrogens (tertiary/aromatic N) is 1. The van der Waals surface area contributed by atoms with E-state index in [0.717, 1.165) is 19.6 Å². The van der Waals surface area contributed by atoms with Gasteiger partial charge in [0.25, 0.3) is 0 Å². The Kier molecular flexibility index (Phi) is 3.93. The van der Waals surface area contributed by atoms with Gasteiger partial charge in [0, 0.05) is 19.2 Å². The maximum absolute atomic E-state index is 5.69. The van der Waals surface area contributed by atoms with Crippen molar-refractivity contribution in [2.45, 2.75) is 44.9 Å². The summed E-state index contributed by atoms with van der Waals surface area (Å²) in [6, 6.07) is 0. The SMILES string of the molecule is CO[C@H]1CN(C)[C@@](C)(COC(C)C)C1. The van der Waals surface area contributed by atoms with Gasteiger partial charge < -0.3 is 9.47 Å². The number of likely N-dealkylation sites (N-methyl/N-ethyl adjacent to an activating group) is 1. The summed E-state index contributed by atoms with van der Waals surface area (Å²) in [5, 5.41) is 0. The molecule has 3 nitrogen and oxygen atoms in total. The number of ether oxygens (including phenoxy) is 2. The molecule has 1 saturated heterocycles. The molecule has 2 atom stereocenters. The van der Waals surface area contributed by atoms with Gasteiger partial charge in [-0.1, -0.05) is 0 Å². The second-order valence-electron chi connectivity index (χ2n) is 4.80. The highest BCUT2D eigenvalue weighted by atomic mass is 16.5. The molecule has 3 heteroatoms. The van der Waals surface area contributed by atoms with Crippen molar-refractivity contribution in [3.05, 3.63) is 0 Å². The molecule has 14 heavy (non-hydrogen) atoms. The van der Waals surface area contributed by atoms with Gasteiger partial charge in [-0.25, -0.2) is 0 Å². The number of likely N-dealkylation sites (tertiary alicyclic amines) is 1. The molecule has 0 unspecified atom stereocenters. The number of rotatable bonds is 4. The summed E-state index contributed by atoms with van der Waals surface area (Å²) < 4.78 is 11.1. The van der Waals surface area contributed by atoms with E-state index in [1.54, 1.807) is 7.11 Å². The first kappa shape index (κ1) is 12.0. The minimum absolute atomic E-state index is 0.144. The highest BCUT2D eigenvalue weighted by Crippen LogP contribution is 2.29. The van der Waals surface area contributed by atoms with Gasteiger partial charge in [-0.2, -0.15) is 0 Å². The minimum Gasteiger partial charge on any atom is -0.380 e. The number of hydrogen-bond donors (Lipinski definition) is 0. The molecule has 1 fully saturated rings. The van der Waals surface area contributed by atoms with Gasteiger partial charge >= 0.3 is 0 Å². The Morgan fingerprint density at radius 1 is 1.50 bits per heavy atom. The van der Waals surface area contributed by atoms with Gasteiger partial charge in [-0.3, -0.25) is 4.90 Å². The van der Waals surface area contributed by atoms with Gasteiger partial charge in [0.05, 0.1) is 18.8 Å². The van der Waals surface area contributed by atoms with E-state index in [9.17, 15) is 0 Å². The van der Waals surface area contributed by atoms with Crippen LogP contribution in [-0.2, 0) is 9.47 Å². The summed E-state index contributed by atoms with van der Waals surface area (Å²) in [7, 11) is 3.93. The molecular formula is C11H23NO2. The average molecular weight is 201 g/mol. The third kappa shape index (κ3) is 2.69. The third-order valence-electron chi connectivity index (χ3n) is 3.13. The normalized spacial score (nSPS) is 34.3. The Morgan fingerprint density at radius 3 is 2.57 bits per heavy atom. The van der Waals surface area contributed by atoms with Crippen LogP contribution < -0.4 is 0 Å². The Bertz CT molecular complexity index is 184. The fourth-order valence-electron chi connectivity index (χ4n) is 1.91. The van der Waals surface area contributed by atoms with Crippen molar-refractivity contribution in [3.8, 4) is 0 Å². The smallest absolute Gasteiger partial charge is 0.0716 e. The number of methoxy groups -OCH3 is 1. The zero-order valence-corrected chi connectivity index (χ0v) is 10.0. The predicted molar refractivity (Wildman–Crippen MR) is 57.5 cm³/mol. The first-order valence-electron chi connectivity index (χ1n) is 5.33. The fraction of sp³-hybridized carbons (Fsp3) is 1.00. The molecule has 1 aliphatic heterocycles. The topological polar surface area (TPSA) is 21.7 Å². The molecule has 0 aromatic carbocycles. The van der Waals surface area contributed by atoms with Crippen molar-refractivity contribution in [1.29, 1.82) is 0 Å². The molecule has 0 radical (unpaired) electrons. The van der Waals surface area contributed by atoms with Gasteiger partial charge in [-0.15, -0.1) is 0 Å². The highest BCUT2D eigenvalue weighted by Gasteiger charge is 2.40. The first-order chi connectivity index (χ1) is 6.48. The quantitative estimate of drug-likeness (QED) is 0.688. The van der Waals surface area contributed by atoms with Crippen LogP contribution in [0.4, 0.5) is 0 Å². The lowest BCUT2D eigenvalue weighted by Crippen LogP contribution is -2.43. The summed E-state index contributed by atoms with van der Waals surface area (Å²) in [5.74, 6) is 0. The molecule has 0 amide bonds. The molecule has 1 heterocycles. The summed E-state index contributed by atoms with van der Waals surface area (Å²) in [5.41, 5.74) is 0.144. The average Bonchev–Trinajstić information content (AvgIpc) is 2.40.